The molecular weight excluding hydrogens is 454 g/mol. The summed E-state index contributed by atoms with van der Waals surface area (Å²) in [5, 5.41) is 11.2. The van der Waals surface area contributed by atoms with Gasteiger partial charge in [0.15, 0.2) is 10.9 Å². The minimum Gasteiger partial charge on any atom is -0.379 e. The highest BCUT2D eigenvalue weighted by molar-refractivity contribution is 7.22. The molecule has 0 radical (unpaired) electrons. The number of nitro benzene ring substituents is 1. The van der Waals surface area contributed by atoms with Gasteiger partial charge in [-0.15, -0.1) is 0 Å². The van der Waals surface area contributed by atoms with Crippen LogP contribution in [0.1, 0.15) is 12.0 Å². The fourth-order valence-electron chi connectivity index (χ4n) is 3.67. The van der Waals surface area contributed by atoms with Gasteiger partial charge in [0, 0.05) is 44.4 Å². The molecule has 2 aromatic carbocycles. The van der Waals surface area contributed by atoms with Gasteiger partial charge in [0.1, 0.15) is 11.3 Å². The van der Waals surface area contributed by atoms with Crippen LogP contribution in [0.2, 0.25) is 0 Å². The van der Waals surface area contributed by atoms with Gasteiger partial charge in [0.05, 0.1) is 29.3 Å². The van der Waals surface area contributed by atoms with E-state index in [0.717, 1.165) is 37.0 Å². The number of rotatable bonds is 8. The second-order valence-electron chi connectivity index (χ2n) is 7.68. The number of carbonyl (C=O) groups is 1. The van der Waals surface area contributed by atoms with Gasteiger partial charge >= 0.3 is 0 Å². The predicted octanol–water partition coefficient (Wildman–Crippen LogP) is 3.78. The topological polar surface area (TPSA) is 88.8 Å². The standard InChI is InChI=1S/C22H22F2N4O4S/c23-16-13-18(24)21-19(14-16)33-22(25-21)27(7-1-6-26-8-10-32-11-9-26)20(29)12-15-2-4-17(5-3-15)28(30)31/h2-5,13-14H,1,6-12H2. The average molecular weight is 477 g/mol. The van der Waals surface area contributed by atoms with E-state index in [9.17, 15) is 23.7 Å². The van der Waals surface area contributed by atoms with Crippen molar-refractivity contribution in [3.05, 3.63) is 63.7 Å². The second kappa shape index (κ2) is 10.3. The molecule has 174 valence electrons. The van der Waals surface area contributed by atoms with E-state index in [0.29, 0.717) is 41.6 Å². The van der Waals surface area contributed by atoms with E-state index in [2.05, 4.69) is 9.88 Å². The third-order valence-electron chi connectivity index (χ3n) is 5.40. The number of non-ortho nitro benzene ring substituents is 1. The summed E-state index contributed by atoms with van der Waals surface area (Å²) in [6.07, 6.45) is 0.668. The highest BCUT2D eigenvalue weighted by Gasteiger charge is 2.22. The highest BCUT2D eigenvalue weighted by atomic mass is 32.1. The first-order chi connectivity index (χ1) is 15.9. The minimum absolute atomic E-state index is 0.00230. The Morgan fingerprint density at radius 2 is 1.94 bits per heavy atom. The van der Waals surface area contributed by atoms with Gasteiger partial charge in [-0.1, -0.05) is 23.5 Å². The third-order valence-corrected chi connectivity index (χ3v) is 6.42. The number of amides is 1. The predicted molar refractivity (Wildman–Crippen MR) is 121 cm³/mol. The number of morpholine rings is 1. The molecule has 0 atom stereocenters. The van der Waals surface area contributed by atoms with E-state index in [1.807, 2.05) is 0 Å². The number of ether oxygens (including phenoxy) is 1. The Morgan fingerprint density at radius 1 is 1.21 bits per heavy atom. The van der Waals surface area contributed by atoms with Crippen LogP contribution >= 0.6 is 11.3 Å². The first kappa shape index (κ1) is 23.1. The van der Waals surface area contributed by atoms with Crippen molar-refractivity contribution in [3.63, 3.8) is 0 Å². The SMILES string of the molecule is O=C(Cc1ccc([N+](=O)[O-])cc1)N(CCCN1CCOCC1)c1nc2c(F)cc(F)cc2s1. The van der Waals surface area contributed by atoms with Crippen LogP contribution in [0.25, 0.3) is 10.2 Å². The third kappa shape index (κ3) is 5.67. The molecule has 1 amide bonds. The lowest BCUT2D eigenvalue weighted by atomic mass is 10.1. The van der Waals surface area contributed by atoms with E-state index in [1.54, 1.807) is 0 Å². The Hall–Kier alpha value is -3.02. The molecular formula is C22H22F2N4O4S. The Morgan fingerprint density at radius 3 is 2.64 bits per heavy atom. The van der Waals surface area contributed by atoms with E-state index in [1.165, 1.54) is 35.2 Å². The molecule has 33 heavy (non-hydrogen) atoms. The maximum Gasteiger partial charge on any atom is 0.269 e. The van der Waals surface area contributed by atoms with Gasteiger partial charge in [-0.2, -0.15) is 0 Å². The molecule has 11 heteroatoms. The molecule has 0 N–H and O–H groups in total. The Labute approximate surface area is 192 Å². The quantitative estimate of drug-likeness (QED) is 0.363. The first-order valence-electron chi connectivity index (χ1n) is 10.5. The molecule has 1 fully saturated rings. The van der Waals surface area contributed by atoms with Crippen LogP contribution in [0.3, 0.4) is 0 Å². The molecule has 1 saturated heterocycles. The van der Waals surface area contributed by atoms with Crippen LogP contribution < -0.4 is 4.90 Å². The molecule has 8 nitrogen and oxygen atoms in total. The zero-order chi connectivity index (χ0) is 23.4. The van der Waals surface area contributed by atoms with Crippen LogP contribution in [0.5, 0.6) is 0 Å². The molecule has 0 unspecified atom stereocenters. The van der Waals surface area contributed by atoms with Crippen molar-refractivity contribution in [2.24, 2.45) is 0 Å². The Balaban J connectivity index is 1.54. The lowest BCUT2D eigenvalue weighted by Crippen LogP contribution is -2.39. The van der Waals surface area contributed by atoms with Crippen molar-refractivity contribution < 1.29 is 23.2 Å². The number of benzene rings is 2. The minimum atomic E-state index is -0.774. The summed E-state index contributed by atoms with van der Waals surface area (Å²) < 4.78 is 33.5. The van der Waals surface area contributed by atoms with Gasteiger partial charge < -0.3 is 4.74 Å². The lowest BCUT2D eigenvalue weighted by Gasteiger charge is -2.27. The van der Waals surface area contributed by atoms with Crippen LogP contribution in [0, 0.1) is 21.7 Å². The number of carbonyl (C=O) groups excluding carboxylic acids is 1. The molecule has 2 heterocycles. The van der Waals surface area contributed by atoms with E-state index in [-0.39, 0.29) is 23.5 Å². The van der Waals surface area contributed by atoms with Gasteiger partial charge in [-0.25, -0.2) is 13.8 Å². The largest absolute Gasteiger partial charge is 0.379 e. The maximum atomic E-state index is 14.2. The first-order valence-corrected chi connectivity index (χ1v) is 11.3. The Bertz CT molecular complexity index is 1150. The molecule has 1 aliphatic heterocycles. The highest BCUT2D eigenvalue weighted by Crippen LogP contribution is 2.31. The van der Waals surface area contributed by atoms with Crippen LogP contribution in [0.4, 0.5) is 19.6 Å². The number of fused-ring (bicyclic) bond motifs is 1. The number of hydrogen-bond acceptors (Lipinski definition) is 7. The summed E-state index contributed by atoms with van der Waals surface area (Å²) in [5.74, 6) is -1.75. The molecule has 0 bridgehead atoms. The zero-order valence-electron chi connectivity index (χ0n) is 17.7. The summed E-state index contributed by atoms with van der Waals surface area (Å²) in [4.78, 5) is 31.6. The summed E-state index contributed by atoms with van der Waals surface area (Å²) in [7, 11) is 0. The van der Waals surface area contributed by atoms with Crippen LogP contribution in [-0.4, -0.2) is 60.1 Å². The van der Waals surface area contributed by atoms with Crippen LogP contribution in [0.15, 0.2) is 36.4 Å². The van der Waals surface area contributed by atoms with Crippen molar-refractivity contribution in [3.8, 4) is 0 Å². The number of halogens is 2. The van der Waals surface area contributed by atoms with E-state index >= 15 is 0 Å². The summed E-state index contributed by atoms with van der Waals surface area (Å²) >= 11 is 1.06. The fourth-order valence-corrected chi connectivity index (χ4v) is 4.72. The zero-order valence-corrected chi connectivity index (χ0v) is 18.5. The van der Waals surface area contributed by atoms with E-state index < -0.39 is 16.6 Å². The number of nitrogens with zero attached hydrogens (tertiary/aromatic N) is 4. The van der Waals surface area contributed by atoms with Crippen molar-refractivity contribution in [2.75, 3.05) is 44.3 Å². The number of aromatic nitrogens is 1. The monoisotopic (exact) mass is 476 g/mol. The maximum absolute atomic E-state index is 14.2. The van der Waals surface area contributed by atoms with Gasteiger partial charge in [0.25, 0.3) is 5.69 Å². The average Bonchev–Trinajstić information content (AvgIpc) is 3.21. The fraction of sp³-hybridized carbons (Fsp3) is 0.364. The van der Waals surface area contributed by atoms with Crippen molar-refractivity contribution in [1.29, 1.82) is 0 Å². The molecule has 0 saturated carbocycles. The summed E-state index contributed by atoms with van der Waals surface area (Å²) in [6, 6.07) is 7.74. The van der Waals surface area contributed by atoms with E-state index in [4.69, 9.17) is 4.74 Å². The number of anilines is 1. The van der Waals surface area contributed by atoms with Crippen molar-refractivity contribution in [2.45, 2.75) is 12.8 Å². The molecule has 0 spiro atoms. The smallest absolute Gasteiger partial charge is 0.269 e. The molecule has 4 rings (SSSR count). The summed E-state index contributed by atoms with van der Waals surface area (Å²) in [6.45, 7) is 4.10. The van der Waals surface area contributed by atoms with Gasteiger partial charge in [0.2, 0.25) is 5.91 Å². The number of hydrogen-bond donors (Lipinski definition) is 0. The molecule has 1 aliphatic rings. The second-order valence-corrected chi connectivity index (χ2v) is 8.69. The normalized spacial score (nSPS) is 14.5. The molecule has 0 aliphatic carbocycles. The number of nitro groups is 1. The van der Waals surface area contributed by atoms with Gasteiger partial charge in [-0.05, 0) is 18.1 Å². The Kier molecular flexibility index (Phi) is 7.21. The molecule has 3 aromatic rings. The van der Waals surface area contributed by atoms with Crippen molar-refractivity contribution >= 4 is 38.3 Å². The van der Waals surface area contributed by atoms with Crippen molar-refractivity contribution in [1.82, 2.24) is 9.88 Å². The van der Waals surface area contributed by atoms with Gasteiger partial charge in [-0.3, -0.25) is 24.7 Å². The number of thiazole rings is 1. The lowest BCUT2D eigenvalue weighted by molar-refractivity contribution is -0.384. The summed E-state index contributed by atoms with van der Waals surface area (Å²) in [5.41, 5.74) is 0.581. The van der Waals surface area contributed by atoms with Crippen LogP contribution in [-0.2, 0) is 16.0 Å². The molecule has 1 aromatic heterocycles.